The van der Waals surface area contributed by atoms with E-state index in [-0.39, 0.29) is 0 Å². The normalized spacial score (nSPS) is 12.5. The van der Waals surface area contributed by atoms with Crippen molar-refractivity contribution in [3.05, 3.63) is 103 Å². The van der Waals surface area contributed by atoms with E-state index in [1.165, 1.54) is 10.8 Å². The molecule has 0 aliphatic carbocycles. The molecule has 0 atom stereocenters. The van der Waals surface area contributed by atoms with Crippen LogP contribution in [0.15, 0.2) is 107 Å². The molecule has 3 nitrogen and oxygen atoms in total. The maximum atomic E-state index is 5.60. The Balaban J connectivity index is 1.69. The van der Waals surface area contributed by atoms with E-state index in [4.69, 9.17) is 4.42 Å². The molecule has 0 aliphatic rings. The second-order valence-electron chi connectivity index (χ2n) is 6.60. The molecule has 5 aromatic rings. The Morgan fingerprint density at radius 3 is 2.54 bits per heavy atom. The quantitative estimate of drug-likeness (QED) is 0.200. The van der Waals surface area contributed by atoms with E-state index in [2.05, 4.69) is 52.5 Å². The number of para-hydroxylation sites is 1. The van der Waals surface area contributed by atoms with Crippen LogP contribution in [0, 0.1) is 0 Å². The number of aliphatic imine (C=N–C) groups is 1. The highest BCUT2D eigenvalue weighted by atomic mass is 16.3. The molecule has 0 aliphatic heterocycles. The monoisotopic (exact) mass is 362 g/mol. The molecule has 28 heavy (non-hydrogen) atoms. The van der Waals surface area contributed by atoms with Gasteiger partial charge in [-0.05, 0) is 35.4 Å². The Morgan fingerprint density at radius 1 is 0.857 bits per heavy atom. The summed E-state index contributed by atoms with van der Waals surface area (Å²) in [5.41, 5.74) is 5.19. The molecule has 0 N–H and O–H groups in total. The third-order valence-electron chi connectivity index (χ3n) is 5.03. The van der Waals surface area contributed by atoms with Gasteiger partial charge in [0.15, 0.2) is 0 Å². The minimum absolute atomic E-state index is 0.894. The molecule has 134 valence electrons. The molecule has 0 saturated heterocycles. The van der Waals surface area contributed by atoms with Gasteiger partial charge in [-0.2, -0.15) is 0 Å². The topological polar surface area (TPSA) is 30.4 Å². The van der Waals surface area contributed by atoms with Gasteiger partial charge in [0.05, 0.1) is 23.6 Å². The first kappa shape index (κ1) is 16.3. The summed E-state index contributed by atoms with van der Waals surface area (Å²) in [4.78, 5) is 4.61. The average Bonchev–Trinajstić information content (AvgIpc) is 3.34. The lowest BCUT2D eigenvalue weighted by Crippen LogP contribution is -1.94. The first-order valence-corrected chi connectivity index (χ1v) is 9.17. The van der Waals surface area contributed by atoms with Gasteiger partial charge in [-0.25, -0.2) is 4.99 Å². The number of allylic oxidation sites excluding steroid dienone is 2. The molecule has 5 rings (SSSR count). The highest BCUT2D eigenvalue weighted by molar-refractivity contribution is 6.21. The largest absolute Gasteiger partial charge is 0.464 e. The zero-order chi connectivity index (χ0) is 18.9. The van der Waals surface area contributed by atoms with Crippen LogP contribution >= 0.6 is 0 Å². The summed E-state index contributed by atoms with van der Waals surface area (Å²) in [6.45, 7) is 3.92. The zero-order valence-electron chi connectivity index (χ0n) is 15.2. The summed E-state index contributed by atoms with van der Waals surface area (Å²) in [6, 6.07) is 24.6. The number of aromatic nitrogens is 1. The summed E-state index contributed by atoms with van der Waals surface area (Å²) in [7, 11) is 0. The second kappa shape index (κ2) is 6.71. The maximum absolute atomic E-state index is 5.60. The molecule has 0 radical (unpaired) electrons. The summed E-state index contributed by atoms with van der Waals surface area (Å²) >= 11 is 0. The summed E-state index contributed by atoms with van der Waals surface area (Å²) < 4.78 is 7.72. The highest BCUT2D eigenvalue weighted by Gasteiger charge is 2.13. The van der Waals surface area contributed by atoms with Gasteiger partial charge >= 0.3 is 0 Å². The van der Waals surface area contributed by atoms with Crippen molar-refractivity contribution in [2.24, 2.45) is 4.99 Å². The maximum Gasteiger partial charge on any atom is 0.134 e. The molecule has 0 amide bonds. The SMILES string of the molecule is C=C/C(=C\N=Cn1c2ccccc2c2c3ccoc3ccc21)c1ccccc1. The van der Waals surface area contributed by atoms with E-state index in [0.717, 1.165) is 33.1 Å². The standard InChI is InChI=1S/C25H18N2O/c1-2-18(19-8-4-3-5-9-19)16-26-17-27-22-11-7-6-10-20(22)25-21-14-15-28-24(21)13-12-23(25)27/h2-17H,1H2/b18-16+,26-17?. The smallest absolute Gasteiger partial charge is 0.134 e. The third kappa shape index (κ3) is 2.57. The van der Waals surface area contributed by atoms with Gasteiger partial charge in [0, 0.05) is 22.4 Å². The molecule has 3 heteroatoms. The fraction of sp³-hybridized carbons (Fsp3) is 0. The van der Waals surface area contributed by atoms with Crippen LogP contribution in [0.2, 0.25) is 0 Å². The van der Waals surface area contributed by atoms with E-state index in [0.29, 0.717) is 0 Å². The van der Waals surface area contributed by atoms with Gasteiger partial charge in [0.2, 0.25) is 0 Å². The van der Waals surface area contributed by atoms with Gasteiger partial charge in [-0.15, -0.1) is 0 Å². The second-order valence-corrected chi connectivity index (χ2v) is 6.60. The van der Waals surface area contributed by atoms with Crippen LogP contribution in [-0.2, 0) is 0 Å². The number of fused-ring (bicyclic) bond motifs is 5. The minimum atomic E-state index is 0.894. The van der Waals surface area contributed by atoms with E-state index in [1.54, 1.807) is 6.26 Å². The van der Waals surface area contributed by atoms with Gasteiger partial charge in [-0.1, -0.05) is 61.2 Å². The van der Waals surface area contributed by atoms with Gasteiger partial charge < -0.3 is 4.42 Å². The molecular weight excluding hydrogens is 344 g/mol. The number of benzene rings is 3. The van der Waals surface area contributed by atoms with Crippen molar-refractivity contribution in [2.45, 2.75) is 0 Å². The van der Waals surface area contributed by atoms with Crippen LogP contribution in [0.3, 0.4) is 0 Å². The molecule has 0 spiro atoms. The Labute approximate surface area is 162 Å². The van der Waals surface area contributed by atoms with Crippen LogP contribution in [-0.4, -0.2) is 10.9 Å². The molecular formula is C25H18N2O. The summed E-state index contributed by atoms with van der Waals surface area (Å²) in [5, 5.41) is 3.49. The third-order valence-corrected chi connectivity index (χ3v) is 5.03. The fourth-order valence-electron chi connectivity index (χ4n) is 3.72. The Kier molecular flexibility index (Phi) is 3.91. The van der Waals surface area contributed by atoms with Crippen molar-refractivity contribution in [1.82, 2.24) is 4.57 Å². The van der Waals surface area contributed by atoms with Crippen LogP contribution in [0.25, 0.3) is 38.3 Å². The van der Waals surface area contributed by atoms with Gasteiger partial charge in [0.1, 0.15) is 5.58 Å². The Bertz CT molecular complexity index is 1370. The van der Waals surface area contributed by atoms with Crippen molar-refractivity contribution in [3.8, 4) is 0 Å². The van der Waals surface area contributed by atoms with E-state index >= 15 is 0 Å². The molecule has 2 aromatic heterocycles. The van der Waals surface area contributed by atoms with Crippen LogP contribution in [0.4, 0.5) is 0 Å². The molecule has 2 heterocycles. The lowest BCUT2D eigenvalue weighted by molar-refractivity contribution is 0.616. The summed E-state index contributed by atoms with van der Waals surface area (Å²) in [6.07, 6.45) is 7.28. The molecule has 0 fully saturated rings. The van der Waals surface area contributed by atoms with E-state index in [1.807, 2.05) is 55.0 Å². The summed E-state index contributed by atoms with van der Waals surface area (Å²) in [5.74, 6) is 0. The number of rotatable bonds is 4. The van der Waals surface area contributed by atoms with Crippen molar-refractivity contribution >= 4 is 44.7 Å². The van der Waals surface area contributed by atoms with Crippen molar-refractivity contribution in [3.63, 3.8) is 0 Å². The van der Waals surface area contributed by atoms with Crippen molar-refractivity contribution in [2.75, 3.05) is 0 Å². The average molecular weight is 362 g/mol. The minimum Gasteiger partial charge on any atom is -0.464 e. The predicted octanol–water partition coefficient (Wildman–Crippen LogP) is 6.64. The molecule has 3 aromatic carbocycles. The molecule has 0 unspecified atom stereocenters. The van der Waals surface area contributed by atoms with Crippen molar-refractivity contribution in [1.29, 1.82) is 0 Å². The van der Waals surface area contributed by atoms with Crippen LogP contribution in [0.1, 0.15) is 5.56 Å². The first-order valence-electron chi connectivity index (χ1n) is 9.17. The zero-order valence-corrected chi connectivity index (χ0v) is 15.2. The number of furan rings is 1. The Morgan fingerprint density at radius 2 is 1.68 bits per heavy atom. The van der Waals surface area contributed by atoms with Crippen LogP contribution in [0.5, 0.6) is 0 Å². The number of hydrogen-bond donors (Lipinski definition) is 0. The number of nitrogens with zero attached hydrogens (tertiary/aromatic N) is 2. The van der Waals surface area contributed by atoms with Gasteiger partial charge in [-0.3, -0.25) is 4.57 Å². The Hall–Kier alpha value is -3.85. The lowest BCUT2D eigenvalue weighted by atomic mass is 10.1. The number of hydrogen-bond acceptors (Lipinski definition) is 2. The highest BCUT2D eigenvalue weighted by Crippen LogP contribution is 2.34. The first-order chi connectivity index (χ1) is 13.9. The molecule has 0 saturated carbocycles. The van der Waals surface area contributed by atoms with E-state index in [9.17, 15) is 0 Å². The van der Waals surface area contributed by atoms with E-state index < -0.39 is 0 Å². The predicted molar refractivity (Wildman–Crippen MR) is 118 cm³/mol. The van der Waals surface area contributed by atoms with Crippen molar-refractivity contribution < 1.29 is 4.42 Å². The molecule has 0 bridgehead atoms. The van der Waals surface area contributed by atoms with Crippen LogP contribution < -0.4 is 0 Å². The fourth-order valence-corrected chi connectivity index (χ4v) is 3.72. The lowest BCUT2D eigenvalue weighted by Gasteiger charge is -2.01. The van der Waals surface area contributed by atoms with Gasteiger partial charge in [0.25, 0.3) is 0 Å².